The average Bonchev–Trinajstić information content (AvgIpc) is 3.92. The Morgan fingerprint density at radius 2 is 1.20 bits per heavy atom. The highest BCUT2D eigenvalue weighted by molar-refractivity contribution is 7.26. The van der Waals surface area contributed by atoms with Gasteiger partial charge in [0.1, 0.15) is 28.9 Å². The fraction of sp³-hybridized carbons (Fsp3) is 0. The van der Waals surface area contributed by atoms with Crippen LogP contribution in [0, 0.1) is 22.7 Å². The standard InChI is InChI=1S/C48H25N5OS/c49-26-31-24-29(19-23-39(31)53-40-15-7-4-12-32(40)36-21-22-37-35-14-6-9-17-43(35)55-47(37)46(36)53)45-38(27-50)44(28-10-2-1-3-11-28)51-48(52-45)30-18-20-34-33-13-5-8-16-41(33)54-42(34)25-30/h1-25H. The van der Waals surface area contributed by atoms with Gasteiger partial charge in [0.05, 0.1) is 38.4 Å². The second kappa shape index (κ2) is 12.0. The van der Waals surface area contributed by atoms with E-state index in [0.29, 0.717) is 33.9 Å². The molecule has 0 saturated carbocycles. The minimum atomic E-state index is 0.334. The molecule has 55 heavy (non-hydrogen) atoms. The first-order valence-electron chi connectivity index (χ1n) is 17.9. The molecule has 0 aliphatic carbocycles. The number of fused-ring (bicyclic) bond motifs is 10. The van der Waals surface area contributed by atoms with Crippen molar-refractivity contribution in [3.8, 4) is 51.7 Å². The van der Waals surface area contributed by atoms with Crippen LogP contribution in [0.25, 0.3) is 104 Å². The van der Waals surface area contributed by atoms with Gasteiger partial charge >= 0.3 is 0 Å². The van der Waals surface area contributed by atoms with Gasteiger partial charge < -0.3 is 8.98 Å². The third-order valence-electron chi connectivity index (χ3n) is 10.5. The van der Waals surface area contributed by atoms with E-state index in [0.717, 1.165) is 60.6 Å². The van der Waals surface area contributed by atoms with Crippen molar-refractivity contribution in [3.63, 3.8) is 0 Å². The SMILES string of the molecule is N#Cc1cc(-c2nc(-c3ccc4c(c3)oc3ccccc34)nc(-c3ccccc3)c2C#N)ccc1-n1c2ccccc2c2ccc3c4ccccc4sc3c21. The molecular weight excluding hydrogens is 695 g/mol. The third kappa shape index (κ3) is 4.65. The Morgan fingerprint density at radius 3 is 2.04 bits per heavy atom. The summed E-state index contributed by atoms with van der Waals surface area (Å²) in [5, 5.41) is 28.3. The number of hydrogen-bond acceptors (Lipinski definition) is 6. The van der Waals surface area contributed by atoms with Crippen LogP contribution in [-0.4, -0.2) is 14.5 Å². The van der Waals surface area contributed by atoms with Crippen LogP contribution in [-0.2, 0) is 0 Å². The van der Waals surface area contributed by atoms with Crippen LogP contribution >= 0.6 is 11.3 Å². The summed E-state index contributed by atoms with van der Waals surface area (Å²) in [5.41, 5.74) is 8.34. The first-order valence-corrected chi connectivity index (χ1v) is 18.7. The Bertz CT molecular complexity index is 3470. The van der Waals surface area contributed by atoms with Gasteiger partial charge in [-0.25, -0.2) is 9.97 Å². The number of furan rings is 1. The maximum absolute atomic E-state index is 10.8. The van der Waals surface area contributed by atoms with E-state index in [2.05, 4.69) is 71.3 Å². The van der Waals surface area contributed by atoms with Gasteiger partial charge in [0, 0.05) is 53.7 Å². The minimum absolute atomic E-state index is 0.334. The predicted molar refractivity (Wildman–Crippen MR) is 222 cm³/mol. The van der Waals surface area contributed by atoms with E-state index in [1.54, 1.807) is 11.3 Å². The second-order valence-electron chi connectivity index (χ2n) is 13.5. The van der Waals surface area contributed by atoms with Crippen LogP contribution in [0.15, 0.2) is 156 Å². The molecule has 0 spiro atoms. The van der Waals surface area contributed by atoms with Crippen LogP contribution in [0.1, 0.15) is 11.1 Å². The Balaban J connectivity index is 1.15. The summed E-state index contributed by atoms with van der Waals surface area (Å²) < 4.78 is 10.8. The summed E-state index contributed by atoms with van der Waals surface area (Å²) >= 11 is 1.77. The molecule has 0 fully saturated rings. The number of hydrogen-bond donors (Lipinski definition) is 0. The van der Waals surface area contributed by atoms with Gasteiger partial charge in [-0.05, 0) is 42.5 Å². The van der Waals surface area contributed by atoms with Crippen LogP contribution in [0.3, 0.4) is 0 Å². The van der Waals surface area contributed by atoms with E-state index in [9.17, 15) is 10.5 Å². The molecule has 0 amide bonds. The molecule has 0 unspecified atom stereocenters. The molecule has 4 heterocycles. The molecule has 0 N–H and O–H groups in total. The van der Waals surface area contributed by atoms with Crippen molar-refractivity contribution in [3.05, 3.63) is 163 Å². The number of nitriles is 2. The van der Waals surface area contributed by atoms with Gasteiger partial charge in [-0.2, -0.15) is 10.5 Å². The Hall–Kier alpha value is -7.58. The monoisotopic (exact) mass is 719 g/mol. The van der Waals surface area contributed by atoms with Crippen molar-refractivity contribution in [1.82, 2.24) is 14.5 Å². The lowest BCUT2D eigenvalue weighted by Gasteiger charge is -2.15. The highest BCUT2D eigenvalue weighted by atomic mass is 32.1. The van der Waals surface area contributed by atoms with Gasteiger partial charge in [0.25, 0.3) is 0 Å². The van der Waals surface area contributed by atoms with E-state index in [1.165, 1.54) is 20.2 Å². The minimum Gasteiger partial charge on any atom is -0.456 e. The molecule has 0 radical (unpaired) electrons. The molecule has 11 rings (SSSR count). The summed E-state index contributed by atoms with van der Waals surface area (Å²) in [5.74, 6) is 0.451. The molecule has 7 aromatic carbocycles. The van der Waals surface area contributed by atoms with E-state index in [4.69, 9.17) is 14.4 Å². The highest BCUT2D eigenvalue weighted by Gasteiger charge is 2.23. The average molecular weight is 720 g/mol. The number of aromatic nitrogens is 3. The summed E-state index contributed by atoms with van der Waals surface area (Å²) in [6.07, 6.45) is 0. The number of rotatable bonds is 4. The lowest BCUT2D eigenvalue weighted by atomic mass is 9.98. The molecule has 254 valence electrons. The maximum Gasteiger partial charge on any atom is 0.160 e. The maximum atomic E-state index is 10.8. The summed E-state index contributed by atoms with van der Waals surface area (Å²) in [6, 6.07) is 55.6. The van der Waals surface area contributed by atoms with Gasteiger partial charge in [0.15, 0.2) is 5.82 Å². The smallest absolute Gasteiger partial charge is 0.160 e. The summed E-state index contributed by atoms with van der Waals surface area (Å²) in [6.45, 7) is 0. The molecule has 0 bridgehead atoms. The zero-order valence-electron chi connectivity index (χ0n) is 29.0. The topological polar surface area (TPSA) is 91.4 Å². The van der Waals surface area contributed by atoms with E-state index < -0.39 is 0 Å². The lowest BCUT2D eigenvalue weighted by Crippen LogP contribution is -2.02. The zero-order chi connectivity index (χ0) is 36.6. The van der Waals surface area contributed by atoms with Gasteiger partial charge in [-0.15, -0.1) is 11.3 Å². The van der Waals surface area contributed by atoms with E-state index in [-0.39, 0.29) is 0 Å². The lowest BCUT2D eigenvalue weighted by molar-refractivity contribution is 0.669. The van der Waals surface area contributed by atoms with Crippen molar-refractivity contribution < 1.29 is 4.42 Å². The quantitative estimate of drug-likeness (QED) is 0.181. The number of para-hydroxylation sites is 2. The number of thiophene rings is 1. The molecular formula is C48H25N5OS. The van der Waals surface area contributed by atoms with Crippen molar-refractivity contribution >= 4 is 75.3 Å². The Morgan fingerprint density at radius 1 is 0.527 bits per heavy atom. The molecule has 0 aliphatic heterocycles. The fourth-order valence-corrected chi connectivity index (χ4v) is 9.26. The van der Waals surface area contributed by atoms with Crippen molar-refractivity contribution in [2.45, 2.75) is 0 Å². The second-order valence-corrected chi connectivity index (χ2v) is 14.6. The fourth-order valence-electron chi connectivity index (χ4n) is 8.02. The number of benzene rings is 7. The first kappa shape index (κ1) is 31.0. The van der Waals surface area contributed by atoms with Crippen molar-refractivity contribution in [2.75, 3.05) is 0 Å². The summed E-state index contributed by atoms with van der Waals surface area (Å²) in [7, 11) is 0. The molecule has 0 atom stereocenters. The molecule has 11 aromatic rings. The summed E-state index contributed by atoms with van der Waals surface area (Å²) in [4.78, 5) is 10.1. The first-order chi connectivity index (χ1) is 27.2. The molecule has 6 nitrogen and oxygen atoms in total. The van der Waals surface area contributed by atoms with Crippen LogP contribution in [0.4, 0.5) is 0 Å². The largest absolute Gasteiger partial charge is 0.456 e. The zero-order valence-corrected chi connectivity index (χ0v) is 29.8. The Labute approximate surface area is 318 Å². The molecule has 0 saturated heterocycles. The third-order valence-corrected chi connectivity index (χ3v) is 11.7. The normalized spacial score (nSPS) is 11.6. The van der Waals surface area contributed by atoms with Crippen molar-refractivity contribution in [1.29, 1.82) is 10.5 Å². The van der Waals surface area contributed by atoms with E-state index in [1.807, 2.05) is 97.1 Å². The highest BCUT2D eigenvalue weighted by Crippen LogP contribution is 2.44. The van der Waals surface area contributed by atoms with Crippen LogP contribution in [0.5, 0.6) is 0 Å². The van der Waals surface area contributed by atoms with Gasteiger partial charge in [-0.1, -0.05) is 109 Å². The predicted octanol–water partition coefficient (Wildman–Crippen LogP) is 12.6. The van der Waals surface area contributed by atoms with Crippen LogP contribution in [0.2, 0.25) is 0 Å². The van der Waals surface area contributed by atoms with Crippen LogP contribution < -0.4 is 0 Å². The molecule has 0 aliphatic rings. The Kier molecular flexibility index (Phi) is 6.75. The van der Waals surface area contributed by atoms with Gasteiger partial charge in [-0.3, -0.25) is 0 Å². The van der Waals surface area contributed by atoms with Gasteiger partial charge in [0.2, 0.25) is 0 Å². The number of nitrogens with zero attached hydrogens (tertiary/aromatic N) is 5. The molecule has 7 heteroatoms. The van der Waals surface area contributed by atoms with Crippen molar-refractivity contribution in [2.24, 2.45) is 0 Å². The van der Waals surface area contributed by atoms with E-state index >= 15 is 0 Å². The molecule has 4 aromatic heterocycles.